The van der Waals surface area contributed by atoms with Crippen molar-refractivity contribution in [2.24, 2.45) is 0 Å². The van der Waals surface area contributed by atoms with Gasteiger partial charge in [0.1, 0.15) is 11.3 Å². The molecule has 0 aliphatic heterocycles. The molecule has 0 atom stereocenters. The lowest BCUT2D eigenvalue weighted by Gasteiger charge is -2.07. The molecule has 0 spiro atoms. The van der Waals surface area contributed by atoms with E-state index in [0.717, 1.165) is 7.11 Å². The highest BCUT2D eigenvalue weighted by molar-refractivity contribution is 9.10. The molecule has 3 aromatic rings. The molecular weight excluding hydrogens is 446 g/mol. The van der Waals surface area contributed by atoms with Crippen molar-refractivity contribution in [3.63, 3.8) is 0 Å². The van der Waals surface area contributed by atoms with Crippen LogP contribution < -0.4 is 0 Å². The Morgan fingerprint density at radius 3 is 2.31 bits per heavy atom. The summed E-state index contributed by atoms with van der Waals surface area (Å²) in [5.41, 5.74) is 0.297. The Bertz CT molecular complexity index is 1110. The number of esters is 2. The molecule has 0 N–H and O–H groups in total. The molecule has 148 valence electrons. The van der Waals surface area contributed by atoms with Gasteiger partial charge in [0, 0.05) is 11.6 Å². The number of nitro benzene ring substituents is 1. The number of para-hydroxylation sites is 1. The van der Waals surface area contributed by atoms with E-state index in [1.807, 2.05) is 0 Å². The van der Waals surface area contributed by atoms with Crippen LogP contribution in [0.5, 0.6) is 0 Å². The number of methoxy groups -OCH3 is 2. The maximum atomic E-state index is 12.6. The van der Waals surface area contributed by atoms with E-state index in [0.29, 0.717) is 5.69 Å². The lowest BCUT2D eigenvalue weighted by atomic mass is 10.0. The zero-order chi connectivity index (χ0) is 21.1. The van der Waals surface area contributed by atoms with E-state index in [9.17, 15) is 19.7 Å². The van der Waals surface area contributed by atoms with Crippen molar-refractivity contribution in [2.75, 3.05) is 14.2 Å². The van der Waals surface area contributed by atoms with Crippen LogP contribution >= 0.6 is 15.9 Å². The summed E-state index contributed by atoms with van der Waals surface area (Å²) in [5, 5.41) is 15.7. The quantitative estimate of drug-likeness (QED) is 0.323. The number of hydrogen-bond acceptors (Lipinski definition) is 7. The molecule has 0 fully saturated rings. The maximum absolute atomic E-state index is 12.6. The summed E-state index contributed by atoms with van der Waals surface area (Å²) < 4.78 is 11.2. The monoisotopic (exact) mass is 459 g/mol. The smallest absolute Gasteiger partial charge is 0.357 e. The van der Waals surface area contributed by atoms with Crippen molar-refractivity contribution >= 4 is 33.6 Å². The summed E-state index contributed by atoms with van der Waals surface area (Å²) in [6.45, 7) is 0. The molecule has 0 amide bonds. The summed E-state index contributed by atoms with van der Waals surface area (Å²) in [5.74, 6) is -1.63. The molecule has 0 saturated carbocycles. The predicted molar refractivity (Wildman–Crippen MR) is 106 cm³/mol. The van der Waals surface area contributed by atoms with Crippen LogP contribution in [0.2, 0.25) is 0 Å². The van der Waals surface area contributed by atoms with Crippen molar-refractivity contribution in [2.45, 2.75) is 0 Å². The third kappa shape index (κ3) is 3.74. The van der Waals surface area contributed by atoms with Gasteiger partial charge in [0.05, 0.1) is 29.3 Å². The van der Waals surface area contributed by atoms with Crippen LogP contribution in [0.4, 0.5) is 5.69 Å². The molecule has 0 radical (unpaired) electrons. The van der Waals surface area contributed by atoms with Gasteiger partial charge in [0.15, 0.2) is 5.69 Å². The van der Waals surface area contributed by atoms with Gasteiger partial charge in [-0.05, 0) is 34.1 Å². The average Bonchev–Trinajstić information content (AvgIpc) is 3.14. The van der Waals surface area contributed by atoms with Crippen molar-refractivity contribution in [3.05, 3.63) is 74.4 Å². The number of aromatic nitrogens is 2. The normalized spacial score (nSPS) is 10.4. The number of nitrogens with zero attached hydrogens (tertiary/aromatic N) is 3. The van der Waals surface area contributed by atoms with Crippen LogP contribution in [0.25, 0.3) is 16.9 Å². The molecule has 0 bridgehead atoms. The van der Waals surface area contributed by atoms with E-state index in [2.05, 4.69) is 21.0 Å². The zero-order valence-electron chi connectivity index (χ0n) is 15.3. The van der Waals surface area contributed by atoms with Crippen molar-refractivity contribution in [3.8, 4) is 16.9 Å². The van der Waals surface area contributed by atoms with Gasteiger partial charge in [-0.25, -0.2) is 14.3 Å². The summed E-state index contributed by atoms with van der Waals surface area (Å²) in [6, 6.07) is 12.9. The van der Waals surface area contributed by atoms with E-state index in [1.54, 1.807) is 36.4 Å². The fraction of sp³-hybridized carbons (Fsp3) is 0.105. The highest BCUT2D eigenvalue weighted by Gasteiger charge is 2.32. The van der Waals surface area contributed by atoms with E-state index >= 15 is 0 Å². The van der Waals surface area contributed by atoms with Crippen LogP contribution in [-0.4, -0.2) is 40.9 Å². The Labute approximate surface area is 173 Å². The second-order valence-corrected chi connectivity index (χ2v) is 6.58. The number of nitro groups is 1. The van der Waals surface area contributed by atoms with E-state index in [4.69, 9.17) is 9.47 Å². The SMILES string of the molecule is COC(=O)c1c(-c2ccc(Br)c([N+](=O)[O-])c2)nn(-c2ccccc2)c1C(=O)OC. The molecule has 10 heteroatoms. The number of hydrogen-bond donors (Lipinski definition) is 0. The first-order chi connectivity index (χ1) is 13.9. The van der Waals surface area contributed by atoms with Crippen LogP contribution in [0.1, 0.15) is 20.8 Å². The number of carbonyl (C=O) groups excluding carboxylic acids is 2. The molecule has 0 aliphatic carbocycles. The zero-order valence-corrected chi connectivity index (χ0v) is 16.9. The summed E-state index contributed by atoms with van der Waals surface area (Å²) in [7, 11) is 2.34. The van der Waals surface area contributed by atoms with Gasteiger partial charge >= 0.3 is 11.9 Å². The molecule has 9 nitrogen and oxygen atoms in total. The summed E-state index contributed by atoms with van der Waals surface area (Å²) >= 11 is 3.12. The lowest BCUT2D eigenvalue weighted by molar-refractivity contribution is -0.385. The molecular formula is C19H14BrN3O6. The van der Waals surface area contributed by atoms with Gasteiger partial charge in [-0.2, -0.15) is 5.10 Å². The van der Waals surface area contributed by atoms with Gasteiger partial charge in [-0.1, -0.05) is 24.3 Å². The average molecular weight is 460 g/mol. The molecule has 0 aliphatic rings. The predicted octanol–water partition coefficient (Wildman–Crippen LogP) is 3.78. The third-order valence-corrected chi connectivity index (χ3v) is 4.74. The van der Waals surface area contributed by atoms with Crippen LogP contribution in [0.3, 0.4) is 0 Å². The number of rotatable bonds is 5. The topological polar surface area (TPSA) is 114 Å². The second kappa shape index (κ2) is 8.23. The first kappa shape index (κ1) is 20.2. The molecule has 1 aromatic heterocycles. The number of ether oxygens (including phenoxy) is 2. The Kier molecular flexibility index (Phi) is 5.74. The number of carbonyl (C=O) groups is 2. The summed E-state index contributed by atoms with van der Waals surface area (Å²) in [6.07, 6.45) is 0. The standard InChI is InChI=1S/C19H14BrN3O6/c1-28-18(24)15-16(11-8-9-13(20)14(10-11)23(26)27)21-22(17(15)19(25)29-2)12-6-4-3-5-7-12/h3-10H,1-2H3. The maximum Gasteiger partial charge on any atom is 0.357 e. The fourth-order valence-corrected chi connectivity index (χ4v) is 3.15. The molecule has 0 saturated heterocycles. The third-order valence-electron chi connectivity index (χ3n) is 4.07. The van der Waals surface area contributed by atoms with E-state index < -0.39 is 16.9 Å². The van der Waals surface area contributed by atoms with Gasteiger partial charge in [0.2, 0.25) is 0 Å². The first-order valence-electron chi connectivity index (χ1n) is 8.18. The van der Waals surface area contributed by atoms with Crippen LogP contribution in [0.15, 0.2) is 53.0 Å². The Morgan fingerprint density at radius 1 is 1.07 bits per heavy atom. The second-order valence-electron chi connectivity index (χ2n) is 5.73. The van der Waals surface area contributed by atoms with Gasteiger partial charge in [0.25, 0.3) is 5.69 Å². The Balaban J connectivity index is 2.37. The lowest BCUT2D eigenvalue weighted by Crippen LogP contribution is -2.15. The van der Waals surface area contributed by atoms with Crippen LogP contribution in [-0.2, 0) is 9.47 Å². The molecule has 2 aromatic carbocycles. The molecule has 29 heavy (non-hydrogen) atoms. The molecule has 3 rings (SSSR count). The van der Waals surface area contributed by atoms with Crippen LogP contribution in [0, 0.1) is 10.1 Å². The van der Waals surface area contributed by atoms with E-state index in [1.165, 1.54) is 23.9 Å². The van der Waals surface area contributed by atoms with Gasteiger partial charge in [-0.15, -0.1) is 0 Å². The highest BCUT2D eigenvalue weighted by atomic mass is 79.9. The number of halogens is 1. The minimum Gasteiger partial charge on any atom is -0.465 e. The Hall–Kier alpha value is -3.53. The summed E-state index contributed by atoms with van der Waals surface area (Å²) in [4.78, 5) is 35.8. The largest absolute Gasteiger partial charge is 0.465 e. The fourth-order valence-electron chi connectivity index (χ4n) is 2.76. The first-order valence-corrected chi connectivity index (χ1v) is 8.97. The minimum absolute atomic E-state index is 0.0525. The van der Waals surface area contributed by atoms with Gasteiger partial charge in [-0.3, -0.25) is 10.1 Å². The molecule has 1 heterocycles. The number of benzene rings is 2. The molecule has 0 unspecified atom stereocenters. The van der Waals surface area contributed by atoms with Crippen molar-refractivity contribution in [1.29, 1.82) is 0 Å². The minimum atomic E-state index is -0.826. The highest BCUT2D eigenvalue weighted by Crippen LogP contribution is 2.34. The van der Waals surface area contributed by atoms with Gasteiger partial charge < -0.3 is 9.47 Å². The Morgan fingerprint density at radius 2 is 1.72 bits per heavy atom. The van der Waals surface area contributed by atoms with Crippen molar-refractivity contribution < 1.29 is 24.0 Å². The van der Waals surface area contributed by atoms with E-state index in [-0.39, 0.29) is 32.7 Å². The van der Waals surface area contributed by atoms with Crippen molar-refractivity contribution in [1.82, 2.24) is 9.78 Å².